The highest BCUT2D eigenvalue weighted by molar-refractivity contribution is 5.99. The maximum absolute atomic E-state index is 12.3. The quantitative estimate of drug-likeness (QED) is 0.507. The molecule has 0 atom stereocenters. The van der Waals surface area contributed by atoms with Crippen molar-refractivity contribution in [2.45, 2.75) is 33.1 Å². The third-order valence-electron chi connectivity index (χ3n) is 4.71. The van der Waals surface area contributed by atoms with Gasteiger partial charge in [0, 0.05) is 37.2 Å². The first kappa shape index (κ1) is 22.1. The Hall–Kier alpha value is -3.61. The SMILES string of the molecule is Cc1nc(Nc2ccc(NC(=O)Nc3ccc(C(C)(C)C)cc3)cc2)cc(N(C)C)n1. The topological polar surface area (TPSA) is 82.2 Å². The van der Waals surface area contributed by atoms with Crippen molar-refractivity contribution in [2.24, 2.45) is 0 Å². The fraction of sp³-hybridized carbons (Fsp3) is 0.292. The Morgan fingerprint density at radius 2 is 1.35 bits per heavy atom. The molecule has 0 saturated carbocycles. The Bertz CT molecular complexity index is 1040. The summed E-state index contributed by atoms with van der Waals surface area (Å²) in [5.41, 5.74) is 3.61. The van der Waals surface area contributed by atoms with E-state index in [2.05, 4.69) is 46.7 Å². The van der Waals surface area contributed by atoms with Crippen molar-refractivity contribution in [3.8, 4) is 0 Å². The number of hydrogen-bond acceptors (Lipinski definition) is 5. The van der Waals surface area contributed by atoms with Crippen LogP contribution in [0.3, 0.4) is 0 Å². The fourth-order valence-electron chi connectivity index (χ4n) is 2.98. The second-order valence-electron chi connectivity index (χ2n) is 8.66. The van der Waals surface area contributed by atoms with Gasteiger partial charge in [-0.2, -0.15) is 0 Å². The summed E-state index contributed by atoms with van der Waals surface area (Å²) < 4.78 is 0. The molecule has 0 fully saturated rings. The highest BCUT2D eigenvalue weighted by atomic mass is 16.2. The van der Waals surface area contributed by atoms with Gasteiger partial charge >= 0.3 is 6.03 Å². The van der Waals surface area contributed by atoms with E-state index in [-0.39, 0.29) is 11.4 Å². The number of anilines is 5. The molecule has 1 aromatic heterocycles. The highest BCUT2D eigenvalue weighted by Gasteiger charge is 2.13. The Morgan fingerprint density at radius 1 is 0.839 bits per heavy atom. The molecule has 3 N–H and O–H groups in total. The van der Waals surface area contributed by atoms with Crippen molar-refractivity contribution in [2.75, 3.05) is 34.9 Å². The van der Waals surface area contributed by atoms with Gasteiger partial charge in [0.05, 0.1) is 0 Å². The van der Waals surface area contributed by atoms with Crippen LogP contribution in [0.2, 0.25) is 0 Å². The Morgan fingerprint density at radius 3 is 1.87 bits per heavy atom. The van der Waals surface area contributed by atoms with Crippen LogP contribution < -0.4 is 20.9 Å². The zero-order valence-electron chi connectivity index (χ0n) is 18.9. The summed E-state index contributed by atoms with van der Waals surface area (Å²) >= 11 is 0. The van der Waals surface area contributed by atoms with Gasteiger partial charge in [-0.25, -0.2) is 14.8 Å². The second kappa shape index (κ2) is 9.04. The van der Waals surface area contributed by atoms with Crippen LogP contribution in [0.4, 0.5) is 33.5 Å². The van der Waals surface area contributed by atoms with Gasteiger partial charge in [0.1, 0.15) is 17.5 Å². The van der Waals surface area contributed by atoms with Gasteiger partial charge < -0.3 is 20.9 Å². The van der Waals surface area contributed by atoms with Gasteiger partial charge in [-0.1, -0.05) is 32.9 Å². The highest BCUT2D eigenvalue weighted by Crippen LogP contribution is 2.24. The first-order valence-corrected chi connectivity index (χ1v) is 10.2. The maximum Gasteiger partial charge on any atom is 0.323 e. The van der Waals surface area contributed by atoms with E-state index in [0.717, 1.165) is 17.2 Å². The minimum atomic E-state index is -0.286. The number of hydrogen-bond donors (Lipinski definition) is 3. The average molecular weight is 419 g/mol. The number of benzene rings is 2. The van der Waals surface area contributed by atoms with Crippen molar-refractivity contribution in [3.05, 3.63) is 66.0 Å². The molecule has 0 aliphatic rings. The van der Waals surface area contributed by atoms with Crippen LogP contribution in [0.1, 0.15) is 32.2 Å². The molecule has 31 heavy (non-hydrogen) atoms. The van der Waals surface area contributed by atoms with Crippen LogP contribution in [0.25, 0.3) is 0 Å². The van der Waals surface area contributed by atoms with Gasteiger partial charge in [0.15, 0.2) is 0 Å². The summed E-state index contributed by atoms with van der Waals surface area (Å²) in [7, 11) is 3.88. The molecule has 0 aliphatic carbocycles. The van der Waals surface area contributed by atoms with Crippen LogP contribution in [-0.2, 0) is 5.41 Å². The minimum Gasteiger partial charge on any atom is -0.363 e. The largest absolute Gasteiger partial charge is 0.363 e. The molecule has 0 bridgehead atoms. The molecule has 0 saturated heterocycles. The molecule has 3 rings (SSSR count). The number of nitrogens with zero attached hydrogens (tertiary/aromatic N) is 3. The van der Waals surface area contributed by atoms with Gasteiger partial charge in [-0.15, -0.1) is 0 Å². The van der Waals surface area contributed by atoms with Gasteiger partial charge in [0.2, 0.25) is 0 Å². The second-order valence-corrected chi connectivity index (χ2v) is 8.66. The molecule has 162 valence electrons. The van der Waals surface area contributed by atoms with E-state index in [9.17, 15) is 4.79 Å². The molecule has 0 spiro atoms. The molecule has 3 aromatic rings. The Balaban J connectivity index is 1.60. The lowest BCUT2D eigenvalue weighted by Crippen LogP contribution is -2.19. The molecule has 7 nitrogen and oxygen atoms in total. The van der Waals surface area contributed by atoms with Gasteiger partial charge in [-0.05, 0) is 54.3 Å². The molecule has 0 aliphatic heterocycles. The molecular formula is C24H30N6O. The molecule has 0 unspecified atom stereocenters. The summed E-state index contributed by atoms with van der Waals surface area (Å²) in [6.07, 6.45) is 0. The number of nitrogens with one attached hydrogen (secondary N) is 3. The lowest BCUT2D eigenvalue weighted by molar-refractivity contribution is 0.262. The van der Waals surface area contributed by atoms with E-state index in [1.165, 1.54) is 5.56 Å². The predicted molar refractivity (Wildman–Crippen MR) is 129 cm³/mol. The number of amides is 2. The van der Waals surface area contributed by atoms with Crippen molar-refractivity contribution in [1.29, 1.82) is 0 Å². The zero-order chi connectivity index (χ0) is 22.6. The van der Waals surface area contributed by atoms with Crippen molar-refractivity contribution >= 4 is 34.7 Å². The molecule has 2 aromatic carbocycles. The number of carbonyl (C=O) groups excluding carboxylic acids is 1. The maximum atomic E-state index is 12.3. The molecule has 1 heterocycles. The van der Waals surface area contributed by atoms with E-state index in [1.807, 2.05) is 80.5 Å². The van der Waals surface area contributed by atoms with E-state index in [1.54, 1.807) is 0 Å². The van der Waals surface area contributed by atoms with Crippen LogP contribution in [0, 0.1) is 6.92 Å². The molecule has 0 radical (unpaired) electrons. The van der Waals surface area contributed by atoms with E-state index in [4.69, 9.17) is 0 Å². The van der Waals surface area contributed by atoms with Crippen molar-refractivity contribution in [3.63, 3.8) is 0 Å². The summed E-state index contributed by atoms with van der Waals surface area (Å²) in [5.74, 6) is 2.24. The van der Waals surface area contributed by atoms with E-state index in [0.29, 0.717) is 17.3 Å². The minimum absolute atomic E-state index is 0.0785. The van der Waals surface area contributed by atoms with Crippen molar-refractivity contribution < 1.29 is 4.79 Å². The Labute approximate surface area is 183 Å². The third kappa shape index (κ3) is 6.18. The molecular weight excluding hydrogens is 388 g/mol. The number of aromatic nitrogens is 2. The lowest BCUT2D eigenvalue weighted by atomic mass is 9.87. The van der Waals surface area contributed by atoms with Crippen LogP contribution >= 0.6 is 0 Å². The summed E-state index contributed by atoms with van der Waals surface area (Å²) in [6.45, 7) is 8.34. The average Bonchev–Trinajstić information content (AvgIpc) is 2.68. The molecule has 2 amide bonds. The first-order chi connectivity index (χ1) is 14.6. The Kier molecular flexibility index (Phi) is 6.44. The van der Waals surface area contributed by atoms with E-state index < -0.39 is 0 Å². The van der Waals surface area contributed by atoms with Crippen LogP contribution in [0.15, 0.2) is 54.6 Å². The first-order valence-electron chi connectivity index (χ1n) is 10.2. The number of aryl methyl sites for hydroxylation is 1. The number of carbonyl (C=O) groups is 1. The van der Waals surface area contributed by atoms with E-state index >= 15 is 0 Å². The monoisotopic (exact) mass is 418 g/mol. The third-order valence-corrected chi connectivity index (χ3v) is 4.71. The summed E-state index contributed by atoms with van der Waals surface area (Å²) in [6, 6.07) is 17.0. The molecule has 7 heteroatoms. The smallest absolute Gasteiger partial charge is 0.323 e. The summed E-state index contributed by atoms with van der Waals surface area (Å²) in [5, 5.41) is 8.98. The lowest BCUT2D eigenvalue weighted by Gasteiger charge is -2.19. The van der Waals surface area contributed by atoms with Gasteiger partial charge in [-0.3, -0.25) is 0 Å². The number of rotatable bonds is 5. The predicted octanol–water partition coefficient (Wildman–Crippen LogP) is 5.54. The van der Waals surface area contributed by atoms with Crippen molar-refractivity contribution in [1.82, 2.24) is 9.97 Å². The van der Waals surface area contributed by atoms with Crippen LogP contribution in [0.5, 0.6) is 0 Å². The fourth-order valence-corrected chi connectivity index (χ4v) is 2.98. The standard InChI is InChI=1S/C24H30N6O/c1-16-25-21(15-22(26-16)30(5)6)27-18-11-13-20(14-12-18)29-23(31)28-19-9-7-17(8-10-19)24(2,3)4/h7-15H,1-6H3,(H,25,26,27)(H2,28,29,31). The summed E-state index contributed by atoms with van der Waals surface area (Å²) in [4.78, 5) is 23.1. The number of urea groups is 1. The zero-order valence-corrected chi connectivity index (χ0v) is 18.9. The van der Waals surface area contributed by atoms with Crippen LogP contribution in [-0.4, -0.2) is 30.1 Å². The normalized spacial score (nSPS) is 11.0. The van der Waals surface area contributed by atoms with Gasteiger partial charge in [0.25, 0.3) is 0 Å².